The van der Waals surface area contributed by atoms with Gasteiger partial charge in [-0.15, -0.1) is 23.2 Å². The Morgan fingerprint density at radius 1 is 0.867 bits per heavy atom. The van der Waals surface area contributed by atoms with E-state index in [1.54, 1.807) is 13.8 Å². The molecule has 0 aromatic heterocycles. The van der Waals surface area contributed by atoms with Crippen LogP contribution in [0.15, 0.2) is 36.4 Å². The van der Waals surface area contributed by atoms with Crippen molar-refractivity contribution in [3.8, 4) is 11.5 Å². The van der Waals surface area contributed by atoms with Gasteiger partial charge in [-0.05, 0) is 12.1 Å². The summed E-state index contributed by atoms with van der Waals surface area (Å²) in [4.78, 5) is 33.9. The molecule has 30 heavy (non-hydrogen) atoms. The summed E-state index contributed by atoms with van der Waals surface area (Å²) in [6.07, 6.45) is -1.21. The fourth-order valence-corrected chi connectivity index (χ4v) is 3.22. The van der Waals surface area contributed by atoms with Crippen LogP contribution in [-0.2, 0) is 0 Å². The molecule has 2 aromatic carbocycles. The number of nitro benzene ring substituents is 2. The zero-order chi connectivity index (χ0) is 22.4. The third-order valence-electron chi connectivity index (χ3n) is 4.31. The summed E-state index contributed by atoms with van der Waals surface area (Å²) >= 11 is 11.7. The summed E-state index contributed by atoms with van der Waals surface area (Å²) < 4.78 is 10.4. The molecule has 2 unspecified atom stereocenters. The number of rotatable bonds is 8. The molecule has 0 spiro atoms. The van der Waals surface area contributed by atoms with Crippen molar-refractivity contribution in [3.63, 3.8) is 0 Å². The quantitative estimate of drug-likeness (QED) is 0.162. The second-order valence-corrected chi connectivity index (χ2v) is 7.07. The molecule has 0 aliphatic heterocycles. The third-order valence-corrected chi connectivity index (χ3v) is 5.24. The summed E-state index contributed by atoms with van der Waals surface area (Å²) in [5, 5.41) is 22.7. The summed E-state index contributed by atoms with van der Waals surface area (Å²) in [5.74, 6) is -1.03. The van der Waals surface area contributed by atoms with E-state index < -0.39 is 27.8 Å². The van der Waals surface area contributed by atoms with E-state index in [1.807, 2.05) is 0 Å². The summed E-state index contributed by atoms with van der Waals surface area (Å²) in [5.41, 5.74) is -0.216. The third kappa shape index (κ3) is 5.17. The van der Waals surface area contributed by atoms with Crippen LogP contribution in [0.3, 0.4) is 0 Å². The Bertz CT molecular complexity index is 892. The molecular formula is C19H18Cl2N2O7. The minimum atomic E-state index is -1.21. The lowest BCUT2D eigenvalue weighted by Gasteiger charge is -2.16. The second-order valence-electron chi connectivity index (χ2n) is 6.46. The Morgan fingerprint density at radius 3 is 1.53 bits per heavy atom. The highest BCUT2D eigenvalue weighted by molar-refractivity contribution is 6.18. The van der Waals surface area contributed by atoms with E-state index in [0.717, 1.165) is 0 Å². The molecule has 0 aliphatic carbocycles. The minimum absolute atomic E-state index is 0.0541. The largest absolute Gasteiger partial charge is 0.519 e. The monoisotopic (exact) mass is 456 g/mol. The van der Waals surface area contributed by atoms with Gasteiger partial charge in [0.2, 0.25) is 0 Å². The Labute approximate surface area is 181 Å². The van der Waals surface area contributed by atoms with Gasteiger partial charge in [-0.1, -0.05) is 26.0 Å². The molecule has 160 valence electrons. The fraction of sp³-hybridized carbons (Fsp3) is 0.316. The van der Waals surface area contributed by atoms with Crippen LogP contribution in [0, 0.1) is 20.2 Å². The predicted molar refractivity (Wildman–Crippen MR) is 111 cm³/mol. The number of nitrogens with zero attached hydrogens (tertiary/aromatic N) is 2. The van der Waals surface area contributed by atoms with E-state index >= 15 is 0 Å². The van der Waals surface area contributed by atoms with Crippen molar-refractivity contribution >= 4 is 40.7 Å². The highest BCUT2D eigenvalue weighted by Crippen LogP contribution is 2.38. The SMILES string of the molecule is CC(CCl)c1c(OC(=O)Oc2cccc([N+](=O)[O-])c2C(C)CCl)cccc1[N+](=O)[O-]. The highest BCUT2D eigenvalue weighted by Gasteiger charge is 2.28. The van der Waals surface area contributed by atoms with Gasteiger partial charge < -0.3 is 9.47 Å². The molecule has 2 rings (SSSR count). The van der Waals surface area contributed by atoms with E-state index in [0.29, 0.717) is 0 Å². The summed E-state index contributed by atoms with van der Waals surface area (Å²) in [7, 11) is 0. The van der Waals surface area contributed by atoms with E-state index in [4.69, 9.17) is 32.7 Å². The van der Waals surface area contributed by atoms with Gasteiger partial charge in [0, 0.05) is 35.7 Å². The molecule has 0 saturated carbocycles. The van der Waals surface area contributed by atoms with E-state index in [9.17, 15) is 25.0 Å². The van der Waals surface area contributed by atoms with Crippen molar-refractivity contribution in [3.05, 3.63) is 67.8 Å². The summed E-state index contributed by atoms with van der Waals surface area (Å²) in [6.45, 7) is 3.29. The molecule has 9 nitrogen and oxygen atoms in total. The number of alkyl halides is 2. The molecular weight excluding hydrogens is 439 g/mol. The number of carbonyl (C=O) groups is 1. The molecule has 0 saturated heterocycles. The van der Waals surface area contributed by atoms with Gasteiger partial charge in [0.25, 0.3) is 11.4 Å². The van der Waals surface area contributed by atoms with Gasteiger partial charge in [-0.3, -0.25) is 20.2 Å². The van der Waals surface area contributed by atoms with Crippen LogP contribution in [0.25, 0.3) is 0 Å². The lowest BCUT2D eigenvalue weighted by atomic mass is 10.00. The molecule has 0 radical (unpaired) electrons. The first-order valence-corrected chi connectivity index (χ1v) is 9.84. The van der Waals surface area contributed by atoms with Crippen molar-refractivity contribution in [2.24, 2.45) is 0 Å². The normalized spacial score (nSPS) is 12.7. The van der Waals surface area contributed by atoms with Crippen molar-refractivity contribution in [2.75, 3.05) is 11.8 Å². The Kier molecular flexibility index (Phi) is 7.96. The topological polar surface area (TPSA) is 122 Å². The first-order valence-electron chi connectivity index (χ1n) is 8.77. The maximum absolute atomic E-state index is 12.4. The molecule has 11 heteroatoms. The van der Waals surface area contributed by atoms with Gasteiger partial charge >= 0.3 is 6.16 Å². The maximum atomic E-state index is 12.4. The molecule has 0 N–H and O–H groups in total. The van der Waals surface area contributed by atoms with E-state index in [2.05, 4.69) is 0 Å². The lowest BCUT2D eigenvalue weighted by molar-refractivity contribution is -0.385. The Morgan fingerprint density at radius 2 is 1.23 bits per heavy atom. The van der Waals surface area contributed by atoms with Crippen LogP contribution >= 0.6 is 23.2 Å². The number of carbonyl (C=O) groups excluding carboxylic acids is 1. The number of ether oxygens (including phenoxy) is 2. The average molecular weight is 457 g/mol. The minimum Gasteiger partial charge on any atom is -0.394 e. The zero-order valence-electron chi connectivity index (χ0n) is 16.0. The van der Waals surface area contributed by atoms with Crippen LogP contribution in [0.1, 0.15) is 36.8 Å². The average Bonchev–Trinajstić information content (AvgIpc) is 2.72. The van der Waals surface area contributed by atoms with Crippen molar-refractivity contribution in [2.45, 2.75) is 25.7 Å². The fourth-order valence-electron chi connectivity index (χ4n) is 2.91. The first-order chi connectivity index (χ1) is 14.2. The standard InChI is InChI=1S/C19H18Cl2N2O7/c1-11(9-20)17-13(22(25)26)5-3-7-15(17)29-19(24)30-16-8-4-6-14(23(27)28)18(16)12(2)10-21/h3-8,11-12H,9-10H2,1-2H3. The van der Waals surface area contributed by atoms with Crippen molar-refractivity contribution < 1.29 is 24.1 Å². The van der Waals surface area contributed by atoms with Crippen molar-refractivity contribution in [1.82, 2.24) is 0 Å². The number of benzene rings is 2. The Hall–Kier alpha value is -2.91. The lowest BCUT2D eigenvalue weighted by Crippen LogP contribution is -2.17. The molecule has 0 aliphatic rings. The number of nitro groups is 2. The number of hydrogen-bond donors (Lipinski definition) is 0. The second kappa shape index (κ2) is 10.2. The number of hydrogen-bond acceptors (Lipinski definition) is 7. The number of halogens is 2. The van der Waals surface area contributed by atoms with Crippen LogP contribution in [-0.4, -0.2) is 27.8 Å². The molecule has 2 aromatic rings. The van der Waals surface area contributed by atoms with Gasteiger partial charge in [0.15, 0.2) is 0 Å². The van der Waals surface area contributed by atoms with Crippen LogP contribution in [0.4, 0.5) is 16.2 Å². The van der Waals surface area contributed by atoms with Gasteiger partial charge in [0.1, 0.15) is 11.5 Å². The molecule has 0 fully saturated rings. The van der Waals surface area contributed by atoms with Gasteiger partial charge in [0.05, 0.1) is 21.0 Å². The van der Waals surface area contributed by atoms with Gasteiger partial charge in [-0.25, -0.2) is 4.79 Å². The predicted octanol–water partition coefficient (Wildman–Crippen LogP) is 5.77. The highest BCUT2D eigenvalue weighted by atomic mass is 35.5. The molecule has 0 bridgehead atoms. The Balaban J connectivity index is 2.40. The van der Waals surface area contributed by atoms with E-state index in [1.165, 1.54) is 36.4 Å². The van der Waals surface area contributed by atoms with E-state index in [-0.39, 0.29) is 45.8 Å². The molecule has 0 amide bonds. The van der Waals surface area contributed by atoms with Gasteiger partial charge in [-0.2, -0.15) is 0 Å². The first kappa shape index (κ1) is 23.4. The zero-order valence-corrected chi connectivity index (χ0v) is 17.6. The van der Waals surface area contributed by atoms with Crippen LogP contribution < -0.4 is 9.47 Å². The molecule has 2 atom stereocenters. The van der Waals surface area contributed by atoms with Crippen molar-refractivity contribution in [1.29, 1.82) is 0 Å². The smallest absolute Gasteiger partial charge is 0.394 e. The maximum Gasteiger partial charge on any atom is 0.519 e. The summed E-state index contributed by atoms with van der Waals surface area (Å²) in [6, 6.07) is 8.03. The van der Waals surface area contributed by atoms with Crippen LogP contribution in [0.2, 0.25) is 0 Å². The molecule has 0 heterocycles. The van der Waals surface area contributed by atoms with Crippen LogP contribution in [0.5, 0.6) is 11.5 Å².